The normalized spacial score (nSPS) is 38.4. The van der Waals surface area contributed by atoms with Crippen LogP contribution in [0.3, 0.4) is 0 Å². The first-order valence-corrected chi connectivity index (χ1v) is 19.2. The molecule has 0 unspecified atom stereocenters. The van der Waals surface area contributed by atoms with E-state index in [2.05, 4.69) is 11.1 Å². The number of pyridine rings is 1. The summed E-state index contributed by atoms with van der Waals surface area (Å²) in [7, 11) is 3.74. The van der Waals surface area contributed by atoms with E-state index in [4.69, 9.17) is 28.4 Å². The molecule has 13 nitrogen and oxygen atoms in total. The van der Waals surface area contributed by atoms with Crippen LogP contribution in [0.15, 0.2) is 36.5 Å². The molecule has 0 radical (unpaired) electrons. The number of hydrogen-bond acceptors (Lipinski definition) is 13. The molecule has 13 heteroatoms. The minimum Gasteiger partial charge on any atom is -0.458 e. The number of ether oxygens (including phenoxy) is 6. The number of aliphatic hydroxyl groups excluding tert-OH is 1. The van der Waals surface area contributed by atoms with Crippen molar-refractivity contribution in [3.8, 4) is 0 Å². The molecule has 3 aliphatic rings. The number of benzene rings is 1. The number of likely N-dealkylation sites (N-methyl/N-ethyl adjacent to an activating group) is 1. The van der Waals surface area contributed by atoms with E-state index in [9.17, 15) is 24.3 Å². The fraction of sp³-hybridized carbons (Fsp3) is 0.683. The molecule has 0 bridgehead atoms. The van der Waals surface area contributed by atoms with E-state index in [1.807, 2.05) is 56.4 Å². The van der Waals surface area contributed by atoms with Crippen LogP contribution in [-0.2, 0) is 49.2 Å². The van der Waals surface area contributed by atoms with Crippen LogP contribution in [0.2, 0.25) is 0 Å². The molecule has 3 aliphatic heterocycles. The molecule has 4 heterocycles. The lowest BCUT2D eigenvalue weighted by molar-refractivity contribution is -0.297. The van der Waals surface area contributed by atoms with Crippen LogP contribution >= 0.6 is 0 Å². The minimum atomic E-state index is -1.49. The van der Waals surface area contributed by atoms with Gasteiger partial charge in [0.2, 0.25) is 0 Å². The van der Waals surface area contributed by atoms with Crippen molar-refractivity contribution in [3.05, 3.63) is 42.1 Å². The fourth-order valence-electron chi connectivity index (χ4n) is 8.44. The van der Waals surface area contributed by atoms with E-state index >= 15 is 0 Å². The lowest BCUT2D eigenvalue weighted by Crippen LogP contribution is -2.60. The first-order chi connectivity index (χ1) is 25.4. The highest BCUT2D eigenvalue weighted by atomic mass is 16.8. The Kier molecular flexibility index (Phi) is 12.9. The maximum absolute atomic E-state index is 14.3. The molecule has 1 N–H and O–H groups in total. The highest BCUT2D eigenvalue weighted by Crippen LogP contribution is 2.41. The van der Waals surface area contributed by atoms with Crippen LogP contribution in [-0.4, -0.2) is 113 Å². The van der Waals surface area contributed by atoms with Crippen molar-refractivity contribution < 1.29 is 52.7 Å². The van der Waals surface area contributed by atoms with Gasteiger partial charge in [-0.15, -0.1) is 0 Å². The van der Waals surface area contributed by atoms with E-state index in [1.165, 1.54) is 6.92 Å². The number of Topliss-reactive ketones (excluding diaryl/α,β-unsaturated/α-hetero) is 2. The first-order valence-electron chi connectivity index (χ1n) is 19.2. The third kappa shape index (κ3) is 8.65. The third-order valence-corrected chi connectivity index (χ3v) is 11.8. The van der Waals surface area contributed by atoms with Crippen LogP contribution in [0.5, 0.6) is 0 Å². The summed E-state index contributed by atoms with van der Waals surface area (Å²) in [5, 5.41) is 12.6. The standard InChI is InChI=1S/C41H58N2O11/c1-22-20-40(7,49-17-13-14-28-19-29-15-11-12-16-30(29)42-21-28)35(52-38-34(46)31(43(9)10)18-23(2)50-38)25(4)33(45)26(5)37(47)51-27(6)41(8)36(24(3)32(22)44)53-39(48)54-41/h11-12,15-16,19,21-27,31,34-36,38,46H,13-14,17-18,20H2,1-10H3/t22-,23-,24+,25+,26-,27-,31+,34-,35-,36-,38+,40+,41-/m1/s1. The molecule has 0 saturated carbocycles. The van der Waals surface area contributed by atoms with E-state index in [0.717, 1.165) is 16.5 Å². The van der Waals surface area contributed by atoms with Gasteiger partial charge in [-0.3, -0.25) is 19.4 Å². The molecule has 3 saturated heterocycles. The number of hydrogen-bond donors (Lipinski definition) is 1. The van der Waals surface area contributed by atoms with Gasteiger partial charge in [0.05, 0.1) is 29.2 Å². The Morgan fingerprint density at radius 2 is 1.67 bits per heavy atom. The zero-order chi connectivity index (χ0) is 39.7. The van der Waals surface area contributed by atoms with Gasteiger partial charge in [0.25, 0.3) is 0 Å². The number of cyclic esters (lactones) is 1. The summed E-state index contributed by atoms with van der Waals surface area (Å²) in [6.45, 7) is 13.6. The monoisotopic (exact) mass is 754 g/mol. The molecule has 298 valence electrons. The molecule has 54 heavy (non-hydrogen) atoms. The summed E-state index contributed by atoms with van der Waals surface area (Å²) in [6.07, 6.45) is -2.93. The van der Waals surface area contributed by atoms with Crippen molar-refractivity contribution in [2.75, 3.05) is 20.7 Å². The number of carbonyl (C=O) groups excluding carboxylic acids is 4. The summed E-state index contributed by atoms with van der Waals surface area (Å²) in [5.41, 5.74) is -0.878. The van der Waals surface area contributed by atoms with Crippen molar-refractivity contribution in [1.29, 1.82) is 0 Å². The van der Waals surface area contributed by atoms with Crippen LogP contribution in [0.1, 0.15) is 80.2 Å². The Bertz CT molecular complexity index is 1690. The van der Waals surface area contributed by atoms with Crippen molar-refractivity contribution in [3.63, 3.8) is 0 Å². The number of para-hydroxylation sites is 1. The van der Waals surface area contributed by atoms with E-state index in [1.54, 1.807) is 41.5 Å². The maximum atomic E-state index is 14.3. The van der Waals surface area contributed by atoms with E-state index in [0.29, 0.717) is 19.3 Å². The average molecular weight is 755 g/mol. The van der Waals surface area contributed by atoms with Gasteiger partial charge in [-0.1, -0.05) is 39.0 Å². The molecule has 2 aromatic rings. The van der Waals surface area contributed by atoms with Gasteiger partial charge in [0.1, 0.15) is 23.9 Å². The van der Waals surface area contributed by atoms with Crippen LogP contribution < -0.4 is 0 Å². The predicted octanol–water partition coefficient (Wildman–Crippen LogP) is 5.07. The minimum absolute atomic E-state index is 0.0953. The highest BCUT2D eigenvalue weighted by Gasteiger charge is 2.58. The summed E-state index contributed by atoms with van der Waals surface area (Å²) in [4.78, 5) is 61.3. The average Bonchev–Trinajstić information content (AvgIpc) is 3.45. The molecule has 3 fully saturated rings. The van der Waals surface area contributed by atoms with Crippen LogP contribution in [0.25, 0.3) is 10.9 Å². The molecule has 1 aromatic heterocycles. The van der Waals surface area contributed by atoms with Crippen molar-refractivity contribution in [2.24, 2.45) is 23.7 Å². The van der Waals surface area contributed by atoms with Gasteiger partial charge in [0, 0.05) is 36.1 Å². The summed E-state index contributed by atoms with van der Waals surface area (Å²) in [6, 6.07) is 9.69. The number of aryl methyl sites for hydroxylation is 1. The van der Waals surface area contributed by atoms with E-state index in [-0.39, 0.29) is 31.0 Å². The van der Waals surface area contributed by atoms with Gasteiger partial charge in [-0.2, -0.15) is 0 Å². The number of nitrogens with zero attached hydrogens (tertiary/aromatic N) is 2. The molecule has 13 atom stereocenters. The largest absolute Gasteiger partial charge is 0.509 e. The third-order valence-electron chi connectivity index (χ3n) is 11.8. The summed E-state index contributed by atoms with van der Waals surface area (Å²) in [5.74, 6) is -5.32. The molecule has 0 amide bonds. The van der Waals surface area contributed by atoms with E-state index < -0.39 is 83.5 Å². The van der Waals surface area contributed by atoms with Gasteiger partial charge >= 0.3 is 12.1 Å². The Labute approximate surface area is 318 Å². The van der Waals surface area contributed by atoms with Crippen LogP contribution in [0.4, 0.5) is 4.79 Å². The fourth-order valence-corrected chi connectivity index (χ4v) is 8.44. The lowest BCUT2D eigenvalue weighted by atomic mass is 9.74. The molecule has 1 aromatic carbocycles. The number of fused-ring (bicyclic) bond motifs is 2. The molecule has 5 rings (SSSR count). The quantitative estimate of drug-likeness (QED) is 0.217. The maximum Gasteiger partial charge on any atom is 0.509 e. The number of aliphatic hydroxyl groups is 1. The Morgan fingerprint density at radius 1 is 0.963 bits per heavy atom. The topological polar surface area (TPSA) is 160 Å². The molecule has 0 spiro atoms. The zero-order valence-corrected chi connectivity index (χ0v) is 33.3. The van der Waals surface area contributed by atoms with Crippen molar-refractivity contribution in [2.45, 2.75) is 135 Å². The predicted molar refractivity (Wildman–Crippen MR) is 198 cm³/mol. The Morgan fingerprint density at radius 3 is 2.37 bits per heavy atom. The summed E-state index contributed by atoms with van der Waals surface area (Å²) < 4.78 is 36.6. The highest BCUT2D eigenvalue weighted by molar-refractivity contribution is 6.00. The summed E-state index contributed by atoms with van der Waals surface area (Å²) >= 11 is 0. The number of esters is 1. The van der Waals surface area contributed by atoms with Gasteiger partial charge in [-0.05, 0) is 92.1 Å². The lowest BCUT2D eigenvalue weighted by Gasteiger charge is -2.47. The molecule has 0 aliphatic carbocycles. The smallest absolute Gasteiger partial charge is 0.458 e. The Hall–Kier alpha value is -3.49. The second-order valence-electron chi connectivity index (χ2n) is 16.3. The first kappa shape index (κ1) is 41.7. The number of aromatic nitrogens is 1. The molecular weight excluding hydrogens is 696 g/mol. The number of ketones is 2. The number of carbonyl (C=O) groups is 4. The van der Waals surface area contributed by atoms with Crippen LogP contribution in [0, 0.1) is 23.7 Å². The SMILES string of the molecule is C[C@H]1C(=O)O[C@H](C)[C@@]2(C)OC(=O)O[C@@H]2[C@@H](C)C(=O)[C@H](C)C[C@](C)(OCCCc2cnc3ccccc3c2)[C@H](O[C@@H]2O[C@H](C)C[C@H](N(C)C)[C@H]2O)[C@@H](C)C1=O. The van der Waals surface area contributed by atoms with Crippen molar-refractivity contribution >= 4 is 34.6 Å². The Balaban J connectivity index is 1.51. The van der Waals surface area contributed by atoms with Crippen molar-refractivity contribution in [1.82, 2.24) is 9.88 Å². The molecular formula is C41H58N2O11. The second kappa shape index (κ2) is 16.7. The van der Waals surface area contributed by atoms with Gasteiger partial charge in [0.15, 0.2) is 23.8 Å². The van der Waals surface area contributed by atoms with Gasteiger partial charge in [-0.25, -0.2) is 4.79 Å². The number of rotatable bonds is 8. The second-order valence-corrected chi connectivity index (χ2v) is 16.3. The van der Waals surface area contributed by atoms with Gasteiger partial charge < -0.3 is 38.4 Å². The zero-order valence-electron chi connectivity index (χ0n) is 33.3.